The zero-order valence-corrected chi connectivity index (χ0v) is 31.3. The zero-order chi connectivity index (χ0) is 37.0. The van der Waals surface area contributed by atoms with Crippen LogP contribution in [0.2, 0.25) is 0 Å². The molecule has 2 unspecified atom stereocenters. The number of hydrogen-bond acceptors (Lipinski definition) is 9. The molecule has 2 atom stereocenters. The molecule has 6 rings (SSSR count). The fourth-order valence-electron chi connectivity index (χ4n) is 6.89. The van der Waals surface area contributed by atoms with Crippen molar-refractivity contribution in [1.82, 2.24) is 30.3 Å². The summed E-state index contributed by atoms with van der Waals surface area (Å²) in [4.78, 5) is 36.2. The number of nitrogens with zero attached hydrogens (tertiary/aromatic N) is 4. The van der Waals surface area contributed by atoms with Crippen LogP contribution in [0.25, 0.3) is 33.4 Å². The van der Waals surface area contributed by atoms with Crippen molar-refractivity contribution in [3.8, 4) is 35.0 Å². The number of nitrogens with one attached hydrogen (secondary N) is 2. The van der Waals surface area contributed by atoms with Crippen LogP contribution in [0.1, 0.15) is 62.9 Å². The highest BCUT2D eigenvalue weighted by Crippen LogP contribution is 2.41. The predicted octanol–water partition coefficient (Wildman–Crippen LogP) is 5.62. The number of pyridine rings is 1. The molecule has 3 aromatic heterocycles. The fourth-order valence-corrected chi connectivity index (χ4v) is 7.75. The van der Waals surface area contributed by atoms with Gasteiger partial charge in [0.25, 0.3) is 11.8 Å². The Balaban J connectivity index is 1.38. The van der Waals surface area contributed by atoms with Crippen LogP contribution in [-0.2, 0) is 43.2 Å². The molecule has 276 valence electrons. The average Bonchev–Trinajstić information content (AvgIpc) is 3.74. The lowest BCUT2D eigenvalue weighted by atomic mass is 9.84. The first-order chi connectivity index (χ1) is 25.0. The number of aromatic nitrogens is 3. The maximum atomic E-state index is 15.0. The summed E-state index contributed by atoms with van der Waals surface area (Å²) < 4.78 is 33.5. The van der Waals surface area contributed by atoms with Crippen LogP contribution < -0.4 is 10.7 Å². The van der Waals surface area contributed by atoms with Crippen molar-refractivity contribution in [2.24, 2.45) is 5.41 Å². The molecule has 5 heterocycles. The Labute approximate surface area is 308 Å². The molecule has 11 nitrogen and oxygen atoms in total. The highest BCUT2D eigenvalue weighted by molar-refractivity contribution is 7.10. The summed E-state index contributed by atoms with van der Waals surface area (Å²) in [7, 11) is 1.69. The van der Waals surface area contributed by atoms with Gasteiger partial charge in [0.1, 0.15) is 18.8 Å². The average molecular weight is 731 g/mol. The lowest BCUT2D eigenvalue weighted by Gasteiger charge is -2.35. The van der Waals surface area contributed by atoms with E-state index in [9.17, 15) is 14.0 Å². The van der Waals surface area contributed by atoms with Gasteiger partial charge in [0.2, 0.25) is 5.67 Å². The number of halogens is 1. The van der Waals surface area contributed by atoms with Gasteiger partial charge in [-0.25, -0.2) is 14.8 Å². The van der Waals surface area contributed by atoms with E-state index in [1.54, 1.807) is 13.3 Å². The van der Waals surface area contributed by atoms with Crippen LogP contribution in [0.5, 0.6) is 0 Å². The Hall–Kier alpha value is -4.35. The predicted molar refractivity (Wildman–Crippen MR) is 199 cm³/mol. The van der Waals surface area contributed by atoms with Crippen LogP contribution in [-0.4, -0.2) is 83.1 Å². The molecule has 0 bridgehead atoms. The molecule has 4 aromatic rings. The quantitative estimate of drug-likeness (QED) is 0.161. The third kappa shape index (κ3) is 7.71. The first-order valence-electron chi connectivity index (χ1n) is 17.8. The second kappa shape index (κ2) is 15.7. The van der Waals surface area contributed by atoms with E-state index in [0.29, 0.717) is 31.1 Å². The Morgan fingerprint density at radius 3 is 2.75 bits per heavy atom. The van der Waals surface area contributed by atoms with Crippen molar-refractivity contribution in [2.75, 3.05) is 40.0 Å². The first kappa shape index (κ1) is 37.4. The third-order valence-corrected chi connectivity index (χ3v) is 10.7. The Morgan fingerprint density at radius 1 is 1.27 bits per heavy atom. The van der Waals surface area contributed by atoms with Crippen LogP contribution in [0.3, 0.4) is 0 Å². The molecule has 13 heteroatoms. The van der Waals surface area contributed by atoms with Crippen molar-refractivity contribution in [3.63, 3.8) is 0 Å². The van der Waals surface area contributed by atoms with Crippen LogP contribution >= 0.6 is 11.3 Å². The van der Waals surface area contributed by atoms with Gasteiger partial charge < -0.3 is 24.1 Å². The number of methoxy groups -OCH3 is 1. The summed E-state index contributed by atoms with van der Waals surface area (Å²) >= 11 is 1.40. The van der Waals surface area contributed by atoms with Crippen molar-refractivity contribution in [3.05, 3.63) is 58.2 Å². The van der Waals surface area contributed by atoms with Gasteiger partial charge in [-0.3, -0.25) is 19.6 Å². The minimum absolute atomic E-state index is 0.124. The molecule has 2 N–H and O–H groups in total. The number of amides is 2. The summed E-state index contributed by atoms with van der Waals surface area (Å²) in [6, 6.07) is 9.40. The molecule has 1 aromatic carbocycles. The highest BCUT2D eigenvalue weighted by atomic mass is 32.1. The molecule has 0 aliphatic carbocycles. The summed E-state index contributed by atoms with van der Waals surface area (Å²) in [6.07, 6.45) is 12.0. The van der Waals surface area contributed by atoms with Gasteiger partial charge in [0.05, 0.1) is 41.4 Å². The molecule has 0 radical (unpaired) electrons. The molecule has 2 fully saturated rings. The minimum atomic E-state index is -2.14. The lowest BCUT2D eigenvalue weighted by Crippen LogP contribution is -2.62. The van der Waals surface area contributed by atoms with E-state index in [1.807, 2.05) is 18.4 Å². The number of benzene rings is 1. The molecule has 2 aliphatic heterocycles. The second-order valence-electron chi connectivity index (χ2n) is 14.3. The van der Waals surface area contributed by atoms with Crippen molar-refractivity contribution in [2.45, 2.75) is 77.7 Å². The summed E-state index contributed by atoms with van der Waals surface area (Å²) in [5, 5.41) is 7.87. The van der Waals surface area contributed by atoms with E-state index < -0.39 is 17.6 Å². The largest absolute Gasteiger partial charge is 0.446 e. The van der Waals surface area contributed by atoms with Crippen molar-refractivity contribution < 1.29 is 28.2 Å². The molecule has 2 aliphatic rings. The first-order valence-corrected chi connectivity index (χ1v) is 18.6. The summed E-state index contributed by atoms with van der Waals surface area (Å²) in [6.45, 7) is 10.0. The van der Waals surface area contributed by atoms with Gasteiger partial charge >= 0.3 is 0 Å². The normalized spacial score (nSPS) is 16.9. The molecule has 0 saturated carbocycles. The smallest absolute Gasteiger partial charge is 0.263 e. The number of carbonyl (C=O) groups excluding carboxylic acids is 2. The van der Waals surface area contributed by atoms with Gasteiger partial charge in [-0.2, -0.15) is 0 Å². The van der Waals surface area contributed by atoms with E-state index in [4.69, 9.17) is 30.6 Å². The van der Waals surface area contributed by atoms with Gasteiger partial charge in [-0.15, -0.1) is 11.3 Å². The SMILES string of the molecule is C#COCC(C)(C)Cc1c(-c2cccnc2C(C)OC)n(CC)c2ccc(-c3csc(CC(NC(=O)C4(F)COC4)C(=O)N4CCCCN4)n3)cc12. The number of rotatable bonds is 14. The summed E-state index contributed by atoms with van der Waals surface area (Å²) in [5.41, 5.74) is 7.45. The molecule has 2 saturated heterocycles. The van der Waals surface area contributed by atoms with E-state index in [1.165, 1.54) is 16.3 Å². The standard InChI is InChI=1S/C39H47FN6O5S/c1-7-45-32-14-13-26(18-28(32)29(20-38(4,5)22-50-8-2)35(45)27-12-11-15-41-34(27)25(3)49-6)31-21-52-33(43-31)19-30(36(47)46-17-10-9-16-42-46)44-37(48)39(40)23-51-24-39/h2,11-15,18,21,25,30,42H,7,9-10,16-17,19-20,22-24H2,1,3-6H3,(H,44,48). The molecule has 52 heavy (non-hydrogen) atoms. The number of hydrogen-bond donors (Lipinski definition) is 2. The van der Waals surface area contributed by atoms with Gasteiger partial charge in [0.15, 0.2) is 0 Å². The van der Waals surface area contributed by atoms with E-state index >= 15 is 0 Å². The van der Waals surface area contributed by atoms with Gasteiger partial charge in [-0.05, 0) is 62.9 Å². The van der Waals surface area contributed by atoms with E-state index in [0.717, 1.165) is 64.1 Å². The number of alkyl halides is 1. The van der Waals surface area contributed by atoms with E-state index in [2.05, 4.69) is 66.5 Å². The Morgan fingerprint density at radius 2 is 2.08 bits per heavy atom. The summed E-state index contributed by atoms with van der Waals surface area (Å²) in [5.74, 6) is -1.16. The molecule has 2 amide bonds. The minimum Gasteiger partial charge on any atom is -0.446 e. The number of terminal acetylenes is 1. The van der Waals surface area contributed by atoms with Crippen LogP contribution in [0.4, 0.5) is 4.39 Å². The van der Waals surface area contributed by atoms with Crippen molar-refractivity contribution in [1.29, 1.82) is 0 Å². The molecular weight excluding hydrogens is 684 g/mol. The molecular formula is C39H47FN6O5S. The number of hydrazine groups is 1. The number of fused-ring (bicyclic) bond motifs is 1. The van der Waals surface area contributed by atoms with Crippen LogP contribution in [0.15, 0.2) is 41.9 Å². The molecule has 0 spiro atoms. The number of carbonyl (C=O) groups is 2. The number of thiazole rings is 1. The van der Waals surface area contributed by atoms with Crippen molar-refractivity contribution >= 4 is 34.1 Å². The van der Waals surface area contributed by atoms with Gasteiger partial charge in [-0.1, -0.05) is 26.3 Å². The fraction of sp³-hybridized carbons (Fsp3) is 0.487. The monoisotopic (exact) mass is 730 g/mol. The lowest BCUT2D eigenvalue weighted by molar-refractivity contribution is -0.168. The number of ether oxygens (including phenoxy) is 3. The Bertz CT molecular complexity index is 1960. The zero-order valence-electron chi connectivity index (χ0n) is 30.5. The third-order valence-electron chi connectivity index (χ3n) is 9.79. The van der Waals surface area contributed by atoms with Gasteiger partial charge in [0, 0.05) is 72.2 Å². The maximum Gasteiger partial charge on any atom is 0.263 e. The Kier molecular flexibility index (Phi) is 11.3. The van der Waals surface area contributed by atoms with E-state index in [-0.39, 0.29) is 37.1 Å². The number of aryl methyl sites for hydroxylation is 1. The second-order valence-corrected chi connectivity index (χ2v) is 15.2. The topological polar surface area (TPSA) is 120 Å². The highest BCUT2D eigenvalue weighted by Gasteiger charge is 2.48. The maximum absolute atomic E-state index is 15.0. The van der Waals surface area contributed by atoms with Crippen LogP contribution in [0, 0.1) is 17.9 Å².